The van der Waals surface area contributed by atoms with E-state index in [1.807, 2.05) is 49.8 Å². The Morgan fingerprint density at radius 2 is 1.88 bits per heavy atom. The number of carbonyl (C=O) groups is 1. The summed E-state index contributed by atoms with van der Waals surface area (Å²) < 4.78 is 1.92. The first-order valence-corrected chi connectivity index (χ1v) is 9.04. The summed E-state index contributed by atoms with van der Waals surface area (Å²) in [6.45, 7) is 10.2. The average Bonchev–Trinajstić information content (AvgIpc) is 2.95. The molecule has 136 valence electrons. The molecule has 2 rings (SSSR count). The molecular weight excluding hydrogens is 314 g/mol. The Labute approximate surface area is 150 Å². The lowest BCUT2D eigenvalue weighted by Gasteiger charge is -2.19. The van der Waals surface area contributed by atoms with Crippen molar-refractivity contribution in [2.45, 2.75) is 66.0 Å². The van der Waals surface area contributed by atoms with Crippen molar-refractivity contribution in [2.24, 2.45) is 0 Å². The van der Waals surface area contributed by atoms with Crippen molar-refractivity contribution in [3.05, 3.63) is 41.3 Å². The van der Waals surface area contributed by atoms with E-state index >= 15 is 0 Å². The van der Waals surface area contributed by atoms with Gasteiger partial charge >= 0.3 is 6.03 Å². The summed E-state index contributed by atoms with van der Waals surface area (Å²) >= 11 is 0. The molecule has 25 heavy (non-hydrogen) atoms. The fourth-order valence-corrected chi connectivity index (χ4v) is 2.90. The molecule has 2 N–H and O–H groups in total. The van der Waals surface area contributed by atoms with Gasteiger partial charge in [-0.1, -0.05) is 26.8 Å². The first-order valence-electron chi connectivity index (χ1n) is 9.04. The monoisotopic (exact) mass is 343 g/mol. The number of anilines is 1. The average molecular weight is 343 g/mol. The highest BCUT2D eigenvalue weighted by Crippen LogP contribution is 2.22. The molecule has 0 saturated heterocycles. The van der Waals surface area contributed by atoms with E-state index in [-0.39, 0.29) is 18.1 Å². The highest BCUT2D eigenvalue weighted by Gasteiger charge is 2.18. The number of hydrogen-bond acceptors (Lipinski definition) is 3. The van der Waals surface area contributed by atoms with Gasteiger partial charge in [-0.25, -0.2) is 9.48 Å². The van der Waals surface area contributed by atoms with E-state index in [9.17, 15) is 4.79 Å². The summed E-state index contributed by atoms with van der Waals surface area (Å²) in [7, 11) is 0. The van der Waals surface area contributed by atoms with Crippen LogP contribution in [0.4, 0.5) is 10.6 Å². The number of amides is 2. The molecule has 0 aliphatic carbocycles. The molecule has 0 aliphatic rings. The number of aromatic nitrogens is 3. The largest absolute Gasteiger partial charge is 0.329 e. The number of nitrogens with zero attached hydrogens (tertiary/aromatic N) is 3. The van der Waals surface area contributed by atoms with E-state index in [2.05, 4.69) is 34.6 Å². The van der Waals surface area contributed by atoms with Gasteiger partial charge in [-0.15, -0.1) is 0 Å². The van der Waals surface area contributed by atoms with Crippen LogP contribution in [0.25, 0.3) is 0 Å². The standard InChI is InChI=1S/C19H29N5O/c1-6-15(7-2)24-18(11-14(5)23-24)22-19(25)21-16(8-3)17-10-9-13(4)12-20-17/h9-12,15-16H,6-8H2,1-5H3,(H2,21,22,25)/t16-/m1/s1. The number of nitrogens with one attached hydrogen (secondary N) is 2. The number of urea groups is 1. The molecule has 0 unspecified atom stereocenters. The van der Waals surface area contributed by atoms with Crippen LogP contribution in [0.2, 0.25) is 0 Å². The summed E-state index contributed by atoms with van der Waals surface area (Å²) in [4.78, 5) is 16.9. The van der Waals surface area contributed by atoms with Crippen molar-refractivity contribution >= 4 is 11.8 Å². The second-order valence-electron chi connectivity index (χ2n) is 6.41. The van der Waals surface area contributed by atoms with Crippen molar-refractivity contribution < 1.29 is 4.79 Å². The fraction of sp³-hybridized carbons (Fsp3) is 0.526. The van der Waals surface area contributed by atoms with Crippen LogP contribution < -0.4 is 10.6 Å². The van der Waals surface area contributed by atoms with Gasteiger partial charge in [0.1, 0.15) is 5.82 Å². The van der Waals surface area contributed by atoms with E-state index in [4.69, 9.17) is 0 Å². The molecule has 2 aromatic rings. The summed E-state index contributed by atoms with van der Waals surface area (Å²) in [6.07, 6.45) is 4.54. The van der Waals surface area contributed by atoms with E-state index in [1.165, 1.54) is 0 Å². The number of carbonyl (C=O) groups excluding carboxylic acids is 1. The number of rotatable bonds is 7. The van der Waals surface area contributed by atoms with Gasteiger partial charge < -0.3 is 5.32 Å². The molecule has 2 heterocycles. The predicted octanol–water partition coefficient (Wildman–Crippen LogP) is 4.53. The maximum absolute atomic E-state index is 12.5. The maximum Gasteiger partial charge on any atom is 0.320 e. The summed E-state index contributed by atoms with van der Waals surface area (Å²) in [6, 6.07) is 5.80. The fourth-order valence-electron chi connectivity index (χ4n) is 2.90. The lowest BCUT2D eigenvalue weighted by atomic mass is 10.1. The molecular formula is C19H29N5O. The quantitative estimate of drug-likeness (QED) is 0.776. The zero-order valence-electron chi connectivity index (χ0n) is 15.8. The van der Waals surface area contributed by atoms with E-state index in [1.54, 1.807) is 0 Å². The first kappa shape index (κ1) is 19.0. The minimum Gasteiger partial charge on any atom is -0.329 e. The number of hydrogen-bond donors (Lipinski definition) is 2. The zero-order valence-corrected chi connectivity index (χ0v) is 15.8. The van der Waals surface area contributed by atoms with Gasteiger partial charge in [-0.3, -0.25) is 10.3 Å². The molecule has 0 radical (unpaired) electrons. The highest BCUT2D eigenvalue weighted by atomic mass is 16.2. The second-order valence-corrected chi connectivity index (χ2v) is 6.41. The predicted molar refractivity (Wildman–Crippen MR) is 101 cm³/mol. The molecule has 0 bridgehead atoms. The Hall–Kier alpha value is -2.37. The Morgan fingerprint density at radius 3 is 2.44 bits per heavy atom. The number of pyridine rings is 1. The Balaban J connectivity index is 2.10. The Morgan fingerprint density at radius 1 is 1.16 bits per heavy atom. The van der Waals surface area contributed by atoms with Gasteiger partial charge in [0.2, 0.25) is 0 Å². The topological polar surface area (TPSA) is 71.8 Å². The normalized spacial score (nSPS) is 12.2. The smallest absolute Gasteiger partial charge is 0.320 e. The second kappa shape index (κ2) is 8.65. The minimum absolute atomic E-state index is 0.119. The summed E-state index contributed by atoms with van der Waals surface area (Å²) in [5.41, 5.74) is 2.87. The van der Waals surface area contributed by atoms with Crippen molar-refractivity contribution in [1.82, 2.24) is 20.1 Å². The highest BCUT2D eigenvalue weighted by molar-refractivity contribution is 5.88. The molecule has 0 aromatic carbocycles. The van der Waals surface area contributed by atoms with Crippen LogP contribution in [0.5, 0.6) is 0 Å². The Kier molecular flexibility index (Phi) is 6.56. The van der Waals surface area contributed by atoms with Gasteiger partial charge in [0, 0.05) is 12.3 Å². The van der Waals surface area contributed by atoms with Crippen LogP contribution in [0, 0.1) is 13.8 Å². The van der Waals surface area contributed by atoms with Crippen LogP contribution in [0.15, 0.2) is 24.4 Å². The third-order valence-corrected chi connectivity index (χ3v) is 4.39. The van der Waals surface area contributed by atoms with Crippen LogP contribution >= 0.6 is 0 Å². The third-order valence-electron chi connectivity index (χ3n) is 4.39. The van der Waals surface area contributed by atoms with Gasteiger partial charge in [-0.2, -0.15) is 5.10 Å². The van der Waals surface area contributed by atoms with Crippen LogP contribution in [0.1, 0.15) is 69.1 Å². The SMILES string of the molecule is CCC(CC)n1nc(C)cc1NC(=O)N[C@H](CC)c1ccc(C)cn1. The molecule has 0 aliphatic heterocycles. The lowest BCUT2D eigenvalue weighted by molar-refractivity contribution is 0.247. The van der Waals surface area contributed by atoms with Crippen LogP contribution in [0.3, 0.4) is 0 Å². The maximum atomic E-state index is 12.5. The molecule has 0 spiro atoms. The van der Waals surface area contributed by atoms with Gasteiger partial charge in [-0.05, 0) is 44.7 Å². The molecule has 2 amide bonds. The molecule has 1 atom stereocenters. The van der Waals surface area contributed by atoms with Crippen molar-refractivity contribution in [3.63, 3.8) is 0 Å². The Bertz CT molecular complexity index is 688. The van der Waals surface area contributed by atoms with Crippen LogP contribution in [-0.2, 0) is 0 Å². The van der Waals surface area contributed by atoms with E-state index in [0.29, 0.717) is 0 Å². The van der Waals surface area contributed by atoms with Gasteiger partial charge in [0.25, 0.3) is 0 Å². The summed E-state index contributed by atoms with van der Waals surface area (Å²) in [5.74, 6) is 0.732. The zero-order chi connectivity index (χ0) is 18.4. The van der Waals surface area contributed by atoms with Gasteiger partial charge in [0.15, 0.2) is 0 Å². The molecule has 6 nitrogen and oxygen atoms in total. The molecule has 0 fully saturated rings. The van der Waals surface area contributed by atoms with Crippen molar-refractivity contribution in [1.29, 1.82) is 0 Å². The lowest BCUT2D eigenvalue weighted by Crippen LogP contribution is -2.33. The molecule has 6 heteroatoms. The third kappa shape index (κ3) is 4.81. The van der Waals surface area contributed by atoms with Crippen LogP contribution in [-0.4, -0.2) is 20.8 Å². The molecule has 0 saturated carbocycles. The minimum atomic E-state index is -0.235. The van der Waals surface area contributed by atoms with E-state index < -0.39 is 0 Å². The van der Waals surface area contributed by atoms with E-state index in [0.717, 1.165) is 42.0 Å². The molecule has 2 aromatic heterocycles. The van der Waals surface area contributed by atoms with Crippen molar-refractivity contribution in [3.8, 4) is 0 Å². The number of aryl methyl sites for hydroxylation is 2. The van der Waals surface area contributed by atoms with Gasteiger partial charge in [0.05, 0.1) is 23.5 Å². The summed E-state index contributed by atoms with van der Waals surface area (Å²) in [5, 5.41) is 10.5. The van der Waals surface area contributed by atoms with Crippen molar-refractivity contribution in [2.75, 3.05) is 5.32 Å². The first-order chi connectivity index (χ1) is 12.0.